The van der Waals surface area contributed by atoms with Crippen molar-refractivity contribution in [2.75, 3.05) is 14.2 Å². The second kappa shape index (κ2) is 7.47. The number of methoxy groups -OCH3 is 1. The molecule has 0 saturated carbocycles. The molecule has 0 aliphatic rings. The highest BCUT2D eigenvalue weighted by Gasteiger charge is 2.24. The average Bonchev–Trinajstić information content (AvgIpc) is 2.60. The molecule has 7 heteroatoms. The quantitative estimate of drug-likeness (QED) is 0.869. The van der Waals surface area contributed by atoms with Crippen molar-refractivity contribution in [1.29, 1.82) is 0 Å². The van der Waals surface area contributed by atoms with Gasteiger partial charge in [-0.3, -0.25) is 4.79 Å². The van der Waals surface area contributed by atoms with Gasteiger partial charge in [0.25, 0.3) is 5.91 Å². The van der Waals surface area contributed by atoms with Crippen LogP contribution in [0.1, 0.15) is 40.0 Å². The molecule has 0 bridgehead atoms. The number of ether oxygens (including phenoxy) is 1. The molecule has 0 spiro atoms. The number of primary sulfonamides is 1. The first-order valence-corrected chi connectivity index (χ1v) is 9.66. The summed E-state index contributed by atoms with van der Waals surface area (Å²) in [5.74, 6) is 0.390. The van der Waals surface area contributed by atoms with Crippen LogP contribution in [-0.4, -0.2) is 33.4 Å². The number of nitrogens with two attached hydrogens (primary N) is 1. The van der Waals surface area contributed by atoms with E-state index >= 15 is 0 Å². The first-order chi connectivity index (χ1) is 12.1. The Balaban J connectivity index is 2.44. The van der Waals surface area contributed by atoms with Gasteiger partial charge in [-0.2, -0.15) is 0 Å². The molecule has 0 unspecified atom stereocenters. The molecule has 6 nitrogen and oxygen atoms in total. The molecule has 1 atom stereocenters. The Hall–Kier alpha value is -2.38. The molecular formula is C19H24N2O4S. The van der Waals surface area contributed by atoms with Crippen molar-refractivity contribution in [1.82, 2.24) is 4.90 Å². The number of sulfonamides is 1. The zero-order valence-corrected chi connectivity index (χ0v) is 16.4. The molecule has 0 radical (unpaired) electrons. The van der Waals surface area contributed by atoms with Gasteiger partial charge >= 0.3 is 0 Å². The highest BCUT2D eigenvalue weighted by Crippen LogP contribution is 2.29. The fourth-order valence-electron chi connectivity index (χ4n) is 2.85. The molecule has 140 valence electrons. The van der Waals surface area contributed by atoms with Gasteiger partial charge in [0.2, 0.25) is 10.0 Å². The molecule has 0 aromatic heterocycles. The van der Waals surface area contributed by atoms with E-state index in [0.29, 0.717) is 16.9 Å². The number of hydrogen-bond acceptors (Lipinski definition) is 4. The summed E-state index contributed by atoms with van der Waals surface area (Å²) < 4.78 is 29.0. The predicted octanol–water partition coefficient (Wildman–Crippen LogP) is 2.79. The minimum atomic E-state index is -3.91. The van der Waals surface area contributed by atoms with Gasteiger partial charge in [-0.15, -0.1) is 0 Å². The van der Waals surface area contributed by atoms with Gasteiger partial charge in [0.15, 0.2) is 0 Å². The van der Waals surface area contributed by atoms with Gasteiger partial charge in [-0.1, -0.05) is 18.2 Å². The minimum Gasteiger partial charge on any atom is -0.496 e. The van der Waals surface area contributed by atoms with Crippen LogP contribution in [0.2, 0.25) is 0 Å². The number of carbonyl (C=O) groups is 1. The van der Waals surface area contributed by atoms with Gasteiger partial charge in [0.1, 0.15) is 5.75 Å². The number of carbonyl (C=O) groups excluding carboxylic acids is 1. The second-order valence-corrected chi connectivity index (χ2v) is 7.83. The van der Waals surface area contributed by atoms with Crippen molar-refractivity contribution in [3.63, 3.8) is 0 Å². The summed E-state index contributed by atoms with van der Waals surface area (Å²) in [6, 6.07) is 10.2. The highest BCUT2D eigenvalue weighted by atomic mass is 32.2. The van der Waals surface area contributed by atoms with Crippen LogP contribution < -0.4 is 9.88 Å². The number of aryl methyl sites for hydroxylation is 1. The van der Waals surface area contributed by atoms with Crippen molar-refractivity contribution >= 4 is 15.9 Å². The van der Waals surface area contributed by atoms with Gasteiger partial charge < -0.3 is 9.64 Å². The third-order valence-electron chi connectivity index (χ3n) is 4.66. The molecule has 2 aromatic carbocycles. The van der Waals surface area contributed by atoms with E-state index in [9.17, 15) is 13.2 Å². The monoisotopic (exact) mass is 376 g/mol. The van der Waals surface area contributed by atoms with Crippen LogP contribution >= 0.6 is 0 Å². The lowest BCUT2D eigenvalue weighted by Gasteiger charge is -2.27. The Morgan fingerprint density at radius 2 is 1.81 bits per heavy atom. The topological polar surface area (TPSA) is 89.7 Å². The predicted molar refractivity (Wildman–Crippen MR) is 101 cm³/mol. The first kappa shape index (κ1) is 19.9. The molecule has 0 heterocycles. The molecule has 0 saturated heterocycles. The van der Waals surface area contributed by atoms with Crippen LogP contribution in [-0.2, 0) is 10.0 Å². The summed E-state index contributed by atoms with van der Waals surface area (Å²) >= 11 is 0. The lowest BCUT2D eigenvalue weighted by atomic mass is 10.0. The highest BCUT2D eigenvalue weighted by molar-refractivity contribution is 7.89. The van der Waals surface area contributed by atoms with E-state index in [1.165, 1.54) is 6.07 Å². The third kappa shape index (κ3) is 3.89. The fourth-order valence-corrected chi connectivity index (χ4v) is 3.72. The first-order valence-electron chi connectivity index (χ1n) is 8.12. The summed E-state index contributed by atoms with van der Waals surface area (Å²) in [6.07, 6.45) is 0. The van der Waals surface area contributed by atoms with Crippen LogP contribution in [0.3, 0.4) is 0 Å². The average molecular weight is 376 g/mol. The normalized spacial score (nSPS) is 12.5. The van der Waals surface area contributed by atoms with E-state index in [0.717, 1.165) is 5.56 Å². The number of benzene rings is 2. The van der Waals surface area contributed by atoms with E-state index in [1.807, 2.05) is 31.2 Å². The third-order valence-corrected chi connectivity index (χ3v) is 5.70. The van der Waals surface area contributed by atoms with Crippen LogP contribution in [0, 0.1) is 13.8 Å². The van der Waals surface area contributed by atoms with E-state index in [-0.39, 0.29) is 22.4 Å². The number of rotatable bonds is 5. The number of amides is 1. The molecule has 26 heavy (non-hydrogen) atoms. The van der Waals surface area contributed by atoms with E-state index in [4.69, 9.17) is 9.88 Å². The summed E-state index contributed by atoms with van der Waals surface area (Å²) in [6.45, 7) is 5.31. The Kier molecular flexibility index (Phi) is 5.73. The lowest BCUT2D eigenvalue weighted by Crippen LogP contribution is -2.30. The van der Waals surface area contributed by atoms with Crippen LogP contribution in [0.15, 0.2) is 41.3 Å². The Labute approximate surface area is 154 Å². The maximum absolute atomic E-state index is 13.0. The largest absolute Gasteiger partial charge is 0.496 e. The zero-order chi connectivity index (χ0) is 19.6. The maximum atomic E-state index is 13.0. The van der Waals surface area contributed by atoms with Crippen molar-refractivity contribution in [3.8, 4) is 5.75 Å². The SMILES string of the molecule is COc1ccccc1[C@H](C)N(C)C(=O)c1cc(C)c(C)c(S(N)(=O)=O)c1. The lowest BCUT2D eigenvalue weighted by molar-refractivity contribution is 0.0740. The van der Waals surface area contributed by atoms with Gasteiger partial charge in [0.05, 0.1) is 18.0 Å². The molecule has 1 amide bonds. The van der Waals surface area contributed by atoms with Crippen molar-refractivity contribution in [2.24, 2.45) is 5.14 Å². The number of para-hydroxylation sites is 1. The molecule has 0 fully saturated rings. The zero-order valence-electron chi connectivity index (χ0n) is 15.6. The van der Waals surface area contributed by atoms with Gasteiger partial charge in [0, 0.05) is 18.2 Å². The maximum Gasteiger partial charge on any atom is 0.254 e. The summed E-state index contributed by atoms with van der Waals surface area (Å²) in [4.78, 5) is 14.5. The minimum absolute atomic E-state index is 0.0285. The Bertz CT molecular complexity index is 939. The molecule has 0 aliphatic heterocycles. The van der Waals surface area contributed by atoms with Crippen molar-refractivity contribution in [3.05, 3.63) is 58.7 Å². The Morgan fingerprint density at radius 1 is 1.19 bits per heavy atom. The summed E-state index contributed by atoms with van der Waals surface area (Å²) in [7, 11) is -0.661. The number of hydrogen-bond donors (Lipinski definition) is 1. The van der Waals surface area contributed by atoms with E-state index in [2.05, 4.69) is 0 Å². The smallest absolute Gasteiger partial charge is 0.254 e. The van der Waals surface area contributed by atoms with Gasteiger partial charge in [-0.05, 0) is 50.1 Å². The van der Waals surface area contributed by atoms with Gasteiger partial charge in [-0.25, -0.2) is 13.6 Å². The molecule has 2 aromatic rings. The van der Waals surface area contributed by atoms with Crippen molar-refractivity contribution in [2.45, 2.75) is 31.7 Å². The molecular weight excluding hydrogens is 352 g/mol. The van der Waals surface area contributed by atoms with E-state index in [1.54, 1.807) is 39.0 Å². The standard InChI is InChI=1S/C19H24N2O4S/c1-12-10-15(11-18(13(12)2)26(20,23)24)19(22)21(4)14(3)16-8-6-7-9-17(16)25-5/h6-11,14H,1-5H3,(H2,20,23,24)/t14-/m0/s1. The number of nitrogens with zero attached hydrogens (tertiary/aromatic N) is 1. The molecule has 2 N–H and O–H groups in total. The van der Waals surface area contributed by atoms with Crippen LogP contribution in [0.4, 0.5) is 0 Å². The van der Waals surface area contributed by atoms with E-state index < -0.39 is 10.0 Å². The molecule has 0 aliphatic carbocycles. The van der Waals surface area contributed by atoms with Crippen molar-refractivity contribution < 1.29 is 17.9 Å². The molecule has 2 rings (SSSR count). The Morgan fingerprint density at radius 3 is 2.38 bits per heavy atom. The van der Waals surface area contributed by atoms with Crippen LogP contribution in [0.25, 0.3) is 0 Å². The fraction of sp³-hybridized carbons (Fsp3) is 0.316. The summed E-state index contributed by atoms with van der Waals surface area (Å²) in [5.41, 5.74) is 2.38. The summed E-state index contributed by atoms with van der Waals surface area (Å²) in [5, 5.41) is 5.29. The second-order valence-electron chi connectivity index (χ2n) is 6.30. The van der Waals surface area contributed by atoms with Crippen LogP contribution in [0.5, 0.6) is 5.75 Å².